The molecule has 27 heavy (non-hydrogen) atoms. The molecule has 6 nitrogen and oxygen atoms in total. The van der Waals surface area contributed by atoms with E-state index >= 15 is 0 Å². The first-order valence-electron chi connectivity index (χ1n) is 8.28. The Hall–Kier alpha value is -3.06. The van der Waals surface area contributed by atoms with E-state index in [0.717, 1.165) is 5.56 Å². The number of amides is 2. The Labute approximate surface area is 163 Å². The van der Waals surface area contributed by atoms with Gasteiger partial charge in [0.2, 0.25) is 0 Å². The second-order valence-corrected chi connectivity index (χ2v) is 6.78. The Bertz CT molecular complexity index is 1000. The van der Waals surface area contributed by atoms with E-state index < -0.39 is 0 Å². The number of hydrogen-bond donors (Lipinski definition) is 1. The first kappa shape index (κ1) is 17.4. The van der Waals surface area contributed by atoms with Gasteiger partial charge in [-0.2, -0.15) is 0 Å². The number of anilines is 2. The minimum atomic E-state index is -0.367. The lowest BCUT2D eigenvalue weighted by Crippen LogP contribution is -2.38. The highest BCUT2D eigenvalue weighted by molar-refractivity contribution is 9.10. The molecule has 4 rings (SSSR count). The van der Waals surface area contributed by atoms with Gasteiger partial charge < -0.3 is 19.4 Å². The van der Waals surface area contributed by atoms with Crippen LogP contribution in [0.15, 0.2) is 69.8 Å². The molecule has 2 heterocycles. The number of carbonyl (C=O) groups excluding carboxylic acids is 2. The molecule has 2 aromatic carbocycles. The van der Waals surface area contributed by atoms with Gasteiger partial charge in [-0.1, -0.05) is 30.3 Å². The van der Waals surface area contributed by atoms with Crippen LogP contribution >= 0.6 is 15.9 Å². The predicted octanol–water partition coefficient (Wildman–Crippen LogP) is 4.22. The summed E-state index contributed by atoms with van der Waals surface area (Å²) in [6.07, 6.45) is 0. The Morgan fingerprint density at radius 2 is 1.93 bits per heavy atom. The van der Waals surface area contributed by atoms with Crippen molar-refractivity contribution in [3.63, 3.8) is 0 Å². The molecule has 1 aromatic heterocycles. The third-order valence-corrected chi connectivity index (χ3v) is 4.57. The number of benzene rings is 2. The van der Waals surface area contributed by atoms with E-state index in [4.69, 9.17) is 9.15 Å². The lowest BCUT2D eigenvalue weighted by atomic mass is 10.1. The summed E-state index contributed by atoms with van der Waals surface area (Å²) in [5, 5.41) is 2.76. The monoisotopic (exact) mass is 426 g/mol. The van der Waals surface area contributed by atoms with Crippen molar-refractivity contribution in [3.05, 3.63) is 76.7 Å². The fraction of sp³-hybridized carbons (Fsp3) is 0.100. The number of halogens is 1. The van der Waals surface area contributed by atoms with Crippen molar-refractivity contribution in [2.24, 2.45) is 0 Å². The predicted molar refractivity (Wildman–Crippen MR) is 104 cm³/mol. The lowest BCUT2D eigenvalue weighted by molar-refractivity contribution is -0.121. The second kappa shape index (κ2) is 7.28. The molecule has 0 saturated carbocycles. The molecule has 0 atom stereocenters. The maximum atomic E-state index is 12.3. The van der Waals surface area contributed by atoms with Crippen molar-refractivity contribution in [3.8, 4) is 5.75 Å². The molecule has 3 aromatic rings. The smallest absolute Gasteiger partial charge is 0.291 e. The Balaban J connectivity index is 1.56. The Morgan fingerprint density at radius 1 is 1.11 bits per heavy atom. The summed E-state index contributed by atoms with van der Waals surface area (Å²) in [4.78, 5) is 26.2. The van der Waals surface area contributed by atoms with E-state index in [9.17, 15) is 9.59 Å². The highest BCUT2D eigenvalue weighted by Crippen LogP contribution is 2.35. The van der Waals surface area contributed by atoms with Gasteiger partial charge in [-0.25, -0.2) is 0 Å². The van der Waals surface area contributed by atoms with Gasteiger partial charge in [-0.15, -0.1) is 0 Å². The summed E-state index contributed by atoms with van der Waals surface area (Å²) < 4.78 is 11.3. The summed E-state index contributed by atoms with van der Waals surface area (Å²) >= 11 is 3.17. The Morgan fingerprint density at radius 3 is 2.67 bits per heavy atom. The first-order chi connectivity index (χ1) is 13.1. The Kier molecular flexibility index (Phi) is 4.68. The quantitative estimate of drug-likeness (QED) is 0.677. The van der Waals surface area contributed by atoms with Crippen molar-refractivity contribution in [1.82, 2.24) is 0 Å². The summed E-state index contributed by atoms with van der Waals surface area (Å²) in [6, 6.07) is 18.2. The maximum Gasteiger partial charge on any atom is 0.291 e. The highest BCUT2D eigenvalue weighted by Gasteiger charge is 2.26. The fourth-order valence-electron chi connectivity index (χ4n) is 2.85. The lowest BCUT2D eigenvalue weighted by Gasteiger charge is -2.29. The molecule has 0 saturated heterocycles. The van der Waals surface area contributed by atoms with E-state index in [2.05, 4.69) is 21.2 Å². The largest absolute Gasteiger partial charge is 0.481 e. The van der Waals surface area contributed by atoms with Crippen molar-refractivity contribution in [2.75, 3.05) is 16.8 Å². The van der Waals surface area contributed by atoms with Gasteiger partial charge in [-0.05, 0) is 45.8 Å². The van der Waals surface area contributed by atoms with Crippen molar-refractivity contribution in [2.45, 2.75) is 6.54 Å². The van der Waals surface area contributed by atoms with E-state index in [1.165, 1.54) is 0 Å². The average Bonchev–Trinajstić information content (AvgIpc) is 3.11. The number of fused-ring (bicyclic) bond motifs is 1. The van der Waals surface area contributed by atoms with Crippen LogP contribution in [0.3, 0.4) is 0 Å². The van der Waals surface area contributed by atoms with Crippen LogP contribution in [-0.4, -0.2) is 18.4 Å². The maximum absolute atomic E-state index is 12.3. The van der Waals surface area contributed by atoms with Gasteiger partial charge in [0, 0.05) is 11.8 Å². The number of hydrogen-bond acceptors (Lipinski definition) is 4. The molecule has 2 amide bonds. The summed E-state index contributed by atoms with van der Waals surface area (Å²) in [5.41, 5.74) is 2.26. The van der Waals surface area contributed by atoms with Crippen LogP contribution in [0, 0.1) is 0 Å². The molecule has 0 radical (unpaired) electrons. The zero-order valence-electron chi connectivity index (χ0n) is 14.1. The van der Waals surface area contributed by atoms with Crippen molar-refractivity contribution in [1.29, 1.82) is 0 Å². The zero-order valence-corrected chi connectivity index (χ0v) is 15.7. The third-order valence-electron chi connectivity index (χ3n) is 4.14. The third kappa shape index (κ3) is 3.73. The number of nitrogens with one attached hydrogen (secondary N) is 1. The molecule has 0 aliphatic carbocycles. The molecular formula is C20H15BrN2O4. The molecule has 0 bridgehead atoms. The SMILES string of the molecule is O=C(Nc1ccc2c(c1)OCC(=O)N2Cc1ccccc1)c1ccc(Br)o1. The van der Waals surface area contributed by atoms with Gasteiger partial charge in [0.25, 0.3) is 11.8 Å². The molecule has 0 fully saturated rings. The average molecular weight is 427 g/mol. The molecule has 136 valence electrons. The van der Waals surface area contributed by atoms with Crippen LogP contribution < -0.4 is 15.0 Å². The standard InChI is InChI=1S/C20H15BrN2O4/c21-18-9-8-16(27-18)20(25)22-14-6-7-15-17(10-14)26-12-19(24)23(15)11-13-4-2-1-3-5-13/h1-10H,11-12H2,(H,22,25). The molecule has 7 heteroatoms. The minimum Gasteiger partial charge on any atom is -0.481 e. The van der Waals surface area contributed by atoms with Crippen LogP contribution in [0.5, 0.6) is 5.75 Å². The fourth-order valence-corrected chi connectivity index (χ4v) is 3.16. The molecule has 1 aliphatic heterocycles. The molecule has 0 spiro atoms. The van der Waals surface area contributed by atoms with Crippen molar-refractivity contribution >= 4 is 39.1 Å². The molecular weight excluding hydrogens is 412 g/mol. The number of carbonyl (C=O) groups is 2. The van der Waals surface area contributed by atoms with Gasteiger partial charge in [0.15, 0.2) is 17.0 Å². The van der Waals surface area contributed by atoms with Gasteiger partial charge in [0.05, 0.1) is 12.2 Å². The van der Waals surface area contributed by atoms with Crippen molar-refractivity contribution < 1.29 is 18.7 Å². The summed E-state index contributed by atoms with van der Waals surface area (Å²) in [5.74, 6) is 0.266. The van der Waals surface area contributed by atoms with E-state index in [0.29, 0.717) is 28.3 Å². The topological polar surface area (TPSA) is 71.8 Å². The van der Waals surface area contributed by atoms with Crippen LogP contribution in [0.25, 0.3) is 0 Å². The van der Waals surface area contributed by atoms with Crippen LogP contribution in [0.1, 0.15) is 16.1 Å². The summed E-state index contributed by atoms with van der Waals surface area (Å²) in [6.45, 7) is 0.421. The van der Waals surface area contributed by atoms with Gasteiger partial charge in [0.1, 0.15) is 5.75 Å². The first-order valence-corrected chi connectivity index (χ1v) is 9.07. The van der Waals surface area contributed by atoms with Crippen LogP contribution in [0.2, 0.25) is 0 Å². The minimum absolute atomic E-state index is 0.0393. The number of nitrogens with zero attached hydrogens (tertiary/aromatic N) is 1. The molecule has 0 unspecified atom stereocenters. The number of ether oxygens (including phenoxy) is 1. The van der Waals surface area contributed by atoms with E-state index in [1.807, 2.05) is 30.3 Å². The molecule has 1 N–H and O–H groups in total. The number of furan rings is 1. The zero-order chi connectivity index (χ0) is 18.8. The van der Waals surface area contributed by atoms with Gasteiger partial charge >= 0.3 is 0 Å². The number of rotatable bonds is 4. The van der Waals surface area contributed by atoms with E-state index in [1.54, 1.807) is 35.2 Å². The second-order valence-electron chi connectivity index (χ2n) is 5.99. The highest BCUT2D eigenvalue weighted by atomic mass is 79.9. The van der Waals surface area contributed by atoms with Gasteiger partial charge in [-0.3, -0.25) is 9.59 Å². The summed E-state index contributed by atoms with van der Waals surface area (Å²) in [7, 11) is 0. The molecule has 1 aliphatic rings. The van der Waals surface area contributed by atoms with E-state index in [-0.39, 0.29) is 24.2 Å². The normalized spacial score (nSPS) is 13.1. The van der Waals surface area contributed by atoms with Crippen LogP contribution in [-0.2, 0) is 11.3 Å². The van der Waals surface area contributed by atoms with Crippen LogP contribution in [0.4, 0.5) is 11.4 Å².